The van der Waals surface area contributed by atoms with Crippen molar-refractivity contribution >= 4 is 21.8 Å². The number of carbonyl (C=O) groups is 2. The first-order chi connectivity index (χ1) is 13.1. The molecule has 7 heteroatoms. The van der Waals surface area contributed by atoms with Gasteiger partial charge < -0.3 is 4.74 Å². The van der Waals surface area contributed by atoms with Gasteiger partial charge in [-0.1, -0.05) is 29.8 Å². The lowest BCUT2D eigenvalue weighted by atomic mass is 10.0. The highest BCUT2D eigenvalue weighted by Crippen LogP contribution is 2.14. The van der Waals surface area contributed by atoms with Crippen molar-refractivity contribution in [2.45, 2.75) is 39.0 Å². The Kier molecular flexibility index (Phi) is 7.10. The quantitative estimate of drug-likeness (QED) is 0.541. The molecule has 0 aliphatic heterocycles. The molecular weight excluding hydrogens is 378 g/mol. The minimum atomic E-state index is -3.70. The Morgan fingerprint density at radius 2 is 1.64 bits per heavy atom. The Labute approximate surface area is 166 Å². The van der Waals surface area contributed by atoms with Gasteiger partial charge in [0.2, 0.25) is 15.8 Å². The molecule has 0 fully saturated rings. The first-order valence-corrected chi connectivity index (χ1v) is 10.4. The monoisotopic (exact) mass is 403 g/mol. The predicted molar refractivity (Wildman–Crippen MR) is 107 cm³/mol. The molecule has 28 heavy (non-hydrogen) atoms. The van der Waals surface area contributed by atoms with E-state index in [4.69, 9.17) is 4.74 Å². The average molecular weight is 404 g/mol. The molecule has 0 saturated heterocycles. The van der Waals surface area contributed by atoms with Crippen LogP contribution in [0.5, 0.6) is 0 Å². The second kappa shape index (κ2) is 9.12. The van der Waals surface area contributed by atoms with Gasteiger partial charge >= 0.3 is 5.97 Å². The fourth-order valence-electron chi connectivity index (χ4n) is 2.67. The van der Waals surface area contributed by atoms with Gasteiger partial charge in [-0.2, -0.15) is 0 Å². The lowest BCUT2D eigenvalue weighted by molar-refractivity contribution is -0.142. The highest BCUT2D eigenvalue weighted by Gasteiger charge is 2.16. The van der Waals surface area contributed by atoms with E-state index in [9.17, 15) is 18.0 Å². The number of carbonyl (C=O) groups excluding carboxylic acids is 2. The smallest absolute Gasteiger partial charge is 0.307 e. The van der Waals surface area contributed by atoms with E-state index in [0.717, 1.165) is 22.3 Å². The Morgan fingerprint density at radius 1 is 0.929 bits per heavy atom. The van der Waals surface area contributed by atoms with Crippen LogP contribution < -0.4 is 4.72 Å². The maximum Gasteiger partial charge on any atom is 0.307 e. The summed E-state index contributed by atoms with van der Waals surface area (Å²) in [5.41, 5.74) is 4.24. The van der Waals surface area contributed by atoms with Gasteiger partial charge in [0.15, 0.2) is 6.61 Å². The molecule has 150 valence electrons. The van der Waals surface area contributed by atoms with Gasteiger partial charge in [0, 0.05) is 12.1 Å². The predicted octanol–water partition coefficient (Wildman–Crippen LogP) is 3.01. The zero-order valence-corrected chi connectivity index (χ0v) is 17.4. The van der Waals surface area contributed by atoms with Crippen LogP contribution in [0.1, 0.15) is 39.0 Å². The van der Waals surface area contributed by atoms with E-state index in [0.29, 0.717) is 5.56 Å². The molecule has 0 aromatic heterocycles. The molecule has 0 unspecified atom stereocenters. The number of sulfonamides is 1. The van der Waals surface area contributed by atoms with Crippen molar-refractivity contribution in [1.29, 1.82) is 0 Å². The van der Waals surface area contributed by atoms with Crippen LogP contribution in [0.3, 0.4) is 0 Å². The summed E-state index contributed by atoms with van der Waals surface area (Å²) < 4.78 is 31.9. The van der Waals surface area contributed by atoms with E-state index in [2.05, 4.69) is 4.72 Å². The first-order valence-electron chi connectivity index (χ1n) is 8.93. The van der Waals surface area contributed by atoms with E-state index in [1.165, 1.54) is 6.07 Å². The summed E-state index contributed by atoms with van der Waals surface area (Å²) in [6, 6.07) is 10.2. The molecule has 0 heterocycles. The third kappa shape index (κ3) is 5.74. The molecule has 0 amide bonds. The number of rotatable bonds is 8. The second-order valence-electron chi connectivity index (χ2n) is 6.80. The number of ketones is 1. The standard InChI is InChI=1S/C21H25NO5S/c1-14-5-8-19(17(4)11-14)20(23)13-27-21(24)9-10-22-28(25,26)18-7-6-15(2)16(3)12-18/h5-8,11-12,22H,9-10,13H2,1-4H3. The highest BCUT2D eigenvalue weighted by molar-refractivity contribution is 7.89. The van der Waals surface area contributed by atoms with Gasteiger partial charge in [0.1, 0.15) is 0 Å². The van der Waals surface area contributed by atoms with E-state index in [-0.39, 0.29) is 30.3 Å². The Hall–Kier alpha value is -2.51. The number of esters is 1. The molecular formula is C21H25NO5S. The fraction of sp³-hybridized carbons (Fsp3) is 0.333. The van der Waals surface area contributed by atoms with Crippen molar-refractivity contribution in [3.8, 4) is 0 Å². The molecule has 2 aromatic rings. The van der Waals surface area contributed by atoms with E-state index >= 15 is 0 Å². The van der Waals surface area contributed by atoms with Crippen molar-refractivity contribution in [2.75, 3.05) is 13.2 Å². The Morgan fingerprint density at radius 3 is 2.29 bits per heavy atom. The number of aryl methyl sites for hydroxylation is 4. The van der Waals surface area contributed by atoms with Crippen LogP contribution in [-0.2, 0) is 19.6 Å². The summed E-state index contributed by atoms with van der Waals surface area (Å²) in [6.45, 7) is 7.01. The van der Waals surface area contributed by atoms with Crippen LogP contribution >= 0.6 is 0 Å². The van der Waals surface area contributed by atoms with E-state index < -0.39 is 16.0 Å². The summed E-state index contributed by atoms with van der Waals surface area (Å²) in [6.07, 6.45) is -0.162. The molecule has 0 spiro atoms. The zero-order valence-electron chi connectivity index (χ0n) is 16.5. The first kappa shape index (κ1) is 21.8. The number of benzene rings is 2. The number of hydrogen-bond donors (Lipinski definition) is 1. The topological polar surface area (TPSA) is 89.5 Å². The van der Waals surface area contributed by atoms with Crippen LogP contribution in [0.15, 0.2) is 41.3 Å². The zero-order chi connectivity index (χ0) is 20.9. The van der Waals surface area contributed by atoms with Gasteiger partial charge in [-0.05, 0) is 56.5 Å². The minimum Gasteiger partial charge on any atom is -0.457 e. The molecule has 1 N–H and O–H groups in total. The second-order valence-corrected chi connectivity index (χ2v) is 8.56. The fourth-order valence-corrected chi connectivity index (χ4v) is 3.79. The summed E-state index contributed by atoms with van der Waals surface area (Å²) in [4.78, 5) is 24.1. The molecule has 2 rings (SSSR count). The van der Waals surface area contributed by atoms with Crippen molar-refractivity contribution in [3.05, 3.63) is 64.2 Å². The molecule has 0 saturated carbocycles. The third-order valence-corrected chi connectivity index (χ3v) is 5.92. The summed E-state index contributed by atoms with van der Waals surface area (Å²) in [5.74, 6) is -0.928. The largest absolute Gasteiger partial charge is 0.457 e. The summed E-state index contributed by atoms with van der Waals surface area (Å²) in [7, 11) is -3.70. The van der Waals surface area contributed by atoms with Crippen LogP contribution in [0.4, 0.5) is 0 Å². The van der Waals surface area contributed by atoms with Crippen molar-refractivity contribution in [3.63, 3.8) is 0 Å². The molecule has 2 aromatic carbocycles. The summed E-state index contributed by atoms with van der Waals surface area (Å²) in [5, 5.41) is 0. The van der Waals surface area contributed by atoms with E-state index in [1.54, 1.807) is 18.2 Å². The molecule has 0 bridgehead atoms. The molecule has 6 nitrogen and oxygen atoms in total. The molecule has 0 aliphatic carbocycles. The van der Waals surface area contributed by atoms with Gasteiger partial charge in [-0.25, -0.2) is 13.1 Å². The maximum atomic E-state index is 12.3. The Balaban J connectivity index is 1.83. The third-order valence-electron chi connectivity index (χ3n) is 4.46. The number of Topliss-reactive ketones (excluding diaryl/α,β-unsaturated/α-hetero) is 1. The summed E-state index contributed by atoms with van der Waals surface area (Å²) >= 11 is 0. The van der Waals surface area contributed by atoms with Crippen LogP contribution in [0.25, 0.3) is 0 Å². The number of hydrogen-bond acceptors (Lipinski definition) is 5. The number of ether oxygens (including phenoxy) is 1. The normalized spacial score (nSPS) is 11.3. The molecule has 0 atom stereocenters. The average Bonchev–Trinajstić information content (AvgIpc) is 2.61. The van der Waals surface area contributed by atoms with Crippen LogP contribution in [-0.4, -0.2) is 33.3 Å². The highest BCUT2D eigenvalue weighted by atomic mass is 32.2. The lowest BCUT2D eigenvalue weighted by Gasteiger charge is -2.09. The van der Waals surface area contributed by atoms with E-state index in [1.807, 2.05) is 39.8 Å². The minimum absolute atomic E-state index is 0.105. The van der Waals surface area contributed by atoms with Gasteiger partial charge in [-0.3, -0.25) is 9.59 Å². The molecule has 0 aliphatic rings. The number of nitrogens with one attached hydrogen (secondary N) is 1. The van der Waals surface area contributed by atoms with Gasteiger partial charge in [-0.15, -0.1) is 0 Å². The van der Waals surface area contributed by atoms with Crippen molar-refractivity contribution in [1.82, 2.24) is 4.72 Å². The van der Waals surface area contributed by atoms with Crippen LogP contribution in [0.2, 0.25) is 0 Å². The van der Waals surface area contributed by atoms with Crippen molar-refractivity contribution < 1.29 is 22.7 Å². The Bertz CT molecular complexity index is 996. The van der Waals surface area contributed by atoms with Gasteiger partial charge in [0.05, 0.1) is 11.3 Å². The van der Waals surface area contributed by atoms with Crippen molar-refractivity contribution in [2.24, 2.45) is 0 Å². The lowest BCUT2D eigenvalue weighted by Crippen LogP contribution is -2.27. The van der Waals surface area contributed by atoms with Crippen LogP contribution in [0, 0.1) is 27.7 Å². The van der Waals surface area contributed by atoms with Gasteiger partial charge in [0.25, 0.3) is 0 Å². The maximum absolute atomic E-state index is 12.3. The SMILES string of the molecule is Cc1ccc(C(=O)COC(=O)CCNS(=O)(=O)c2ccc(C)c(C)c2)c(C)c1. The molecule has 0 radical (unpaired) electrons.